The molecule has 8 heteroatoms. The number of hydrogen-bond donors (Lipinski definition) is 0. The zero-order valence-corrected chi connectivity index (χ0v) is 14.4. The molecule has 0 spiro atoms. The summed E-state index contributed by atoms with van der Waals surface area (Å²) in [5.74, 6) is 0.415. The number of benzene rings is 1. The Hall–Kier alpha value is -2.77. The normalized spacial score (nSPS) is 19.5. The van der Waals surface area contributed by atoms with Crippen molar-refractivity contribution in [3.05, 3.63) is 24.3 Å². The van der Waals surface area contributed by atoms with Gasteiger partial charge in [-0.3, -0.25) is 9.59 Å². The molecule has 2 aliphatic heterocycles. The van der Waals surface area contributed by atoms with Crippen molar-refractivity contribution >= 4 is 17.9 Å². The van der Waals surface area contributed by atoms with Crippen LogP contribution in [0.15, 0.2) is 24.3 Å². The molecule has 2 aliphatic rings. The molecule has 0 aliphatic carbocycles. The van der Waals surface area contributed by atoms with Gasteiger partial charge in [-0.25, -0.2) is 9.69 Å². The molecule has 0 bridgehead atoms. The smallest absolute Gasteiger partial charge is 0.418 e. The third-order valence-corrected chi connectivity index (χ3v) is 4.18. The number of rotatable bonds is 5. The molecule has 1 aromatic carbocycles. The molecular weight excluding hydrogens is 328 g/mol. The first-order chi connectivity index (χ1) is 11.8. The minimum atomic E-state index is -1.22. The van der Waals surface area contributed by atoms with Crippen LogP contribution < -0.4 is 9.47 Å². The van der Waals surface area contributed by atoms with E-state index >= 15 is 0 Å². The first-order valence-electron chi connectivity index (χ1n) is 7.94. The van der Waals surface area contributed by atoms with Crippen LogP contribution >= 0.6 is 0 Å². The Morgan fingerprint density at radius 1 is 1.24 bits per heavy atom. The average Bonchev–Trinajstić information content (AvgIpc) is 2.72. The van der Waals surface area contributed by atoms with Crippen LogP contribution in [0.1, 0.15) is 13.8 Å². The fraction of sp³-hybridized carbons (Fsp3) is 0.471. The molecule has 0 saturated carbocycles. The number of nitrogens with zero attached hydrogens (tertiary/aromatic N) is 2. The zero-order chi connectivity index (χ0) is 18.2. The number of cyclic esters (lactones) is 1. The van der Waals surface area contributed by atoms with Crippen molar-refractivity contribution in [2.24, 2.45) is 0 Å². The molecule has 0 radical (unpaired) electrons. The number of methoxy groups -OCH3 is 1. The van der Waals surface area contributed by atoms with E-state index < -0.39 is 17.6 Å². The molecule has 0 atom stereocenters. The van der Waals surface area contributed by atoms with Crippen LogP contribution in [0.3, 0.4) is 0 Å². The molecule has 8 nitrogen and oxygen atoms in total. The lowest BCUT2D eigenvalue weighted by Crippen LogP contribution is -2.58. The van der Waals surface area contributed by atoms with Crippen molar-refractivity contribution in [2.45, 2.75) is 25.6 Å². The van der Waals surface area contributed by atoms with Crippen molar-refractivity contribution in [3.8, 4) is 11.5 Å². The summed E-state index contributed by atoms with van der Waals surface area (Å²) in [6.45, 7) is 3.45. The predicted molar refractivity (Wildman–Crippen MR) is 86.3 cm³/mol. The minimum absolute atomic E-state index is 0.155. The second-order valence-electron chi connectivity index (χ2n) is 6.46. The predicted octanol–water partition coefficient (Wildman–Crippen LogP) is 1.04. The van der Waals surface area contributed by atoms with E-state index in [0.717, 1.165) is 4.90 Å². The Labute approximate surface area is 145 Å². The lowest BCUT2D eigenvalue weighted by Gasteiger charge is -2.39. The minimum Gasteiger partial charge on any atom is -0.493 e. The molecule has 2 saturated heterocycles. The average molecular weight is 348 g/mol. The molecule has 25 heavy (non-hydrogen) atoms. The maximum atomic E-state index is 12.2. The topological polar surface area (TPSA) is 85.4 Å². The highest BCUT2D eigenvalue weighted by molar-refractivity contribution is 6.04. The van der Waals surface area contributed by atoms with Crippen LogP contribution in [0, 0.1) is 0 Å². The largest absolute Gasteiger partial charge is 0.493 e. The highest BCUT2D eigenvalue weighted by Crippen LogP contribution is 2.29. The van der Waals surface area contributed by atoms with E-state index in [2.05, 4.69) is 0 Å². The monoisotopic (exact) mass is 348 g/mol. The number of imide groups is 1. The molecule has 134 valence electrons. The summed E-state index contributed by atoms with van der Waals surface area (Å²) in [6.07, 6.45) is -0.941. The number of carbonyl (C=O) groups excluding carboxylic acids is 3. The molecule has 0 unspecified atom stereocenters. The zero-order valence-electron chi connectivity index (χ0n) is 14.4. The van der Waals surface area contributed by atoms with Crippen LogP contribution in [-0.2, 0) is 14.3 Å². The number of carbonyl (C=O) groups is 3. The van der Waals surface area contributed by atoms with E-state index in [4.69, 9.17) is 14.2 Å². The maximum Gasteiger partial charge on any atom is 0.418 e. The summed E-state index contributed by atoms with van der Waals surface area (Å²) >= 11 is 0. The van der Waals surface area contributed by atoms with Crippen LogP contribution in [-0.4, -0.2) is 66.2 Å². The third kappa shape index (κ3) is 3.24. The Balaban J connectivity index is 1.52. The first kappa shape index (κ1) is 17.1. The molecule has 2 fully saturated rings. The van der Waals surface area contributed by atoms with Gasteiger partial charge in [-0.05, 0) is 26.0 Å². The molecular formula is C17H20N2O6. The lowest BCUT2D eigenvalue weighted by atomic mass is 10.1. The van der Waals surface area contributed by atoms with Gasteiger partial charge in [0, 0.05) is 0 Å². The Morgan fingerprint density at radius 3 is 2.44 bits per heavy atom. The van der Waals surface area contributed by atoms with E-state index in [1.165, 1.54) is 18.7 Å². The quantitative estimate of drug-likeness (QED) is 0.790. The van der Waals surface area contributed by atoms with Crippen molar-refractivity contribution in [3.63, 3.8) is 0 Å². The van der Waals surface area contributed by atoms with Gasteiger partial charge in [0.1, 0.15) is 12.6 Å². The second-order valence-corrected chi connectivity index (χ2v) is 6.46. The van der Waals surface area contributed by atoms with Crippen LogP contribution in [0.5, 0.6) is 11.5 Å². The van der Waals surface area contributed by atoms with Gasteiger partial charge < -0.3 is 19.1 Å². The SMILES string of the molecule is COc1ccccc1OC1CN(C(=O)CN2C(=O)OC(C)(C)C2=O)C1. The van der Waals surface area contributed by atoms with E-state index in [9.17, 15) is 14.4 Å². The van der Waals surface area contributed by atoms with Gasteiger partial charge in [-0.1, -0.05) is 12.1 Å². The Bertz CT molecular complexity index is 711. The molecule has 3 amide bonds. The first-order valence-corrected chi connectivity index (χ1v) is 7.94. The Morgan fingerprint density at radius 2 is 1.88 bits per heavy atom. The number of likely N-dealkylation sites (tertiary alicyclic amines) is 1. The summed E-state index contributed by atoms with van der Waals surface area (Å²) < 4.78 is 16.0. The summed E-state index contributed by atoms with van der Waals surface area (Å²) in [7, 11) is 1.56. The number of para-hydroxylation sites is 2. The summed E-state index contributed by atoms with van der Waals surface area (Å²) in [6, 6.07) is 7.27. The van der Waals surface area contributed by atoms with E-state index in [1.54, 1.807) is 19.2 Å². The number of hydrogen-bond acceptors (Lipinski definition) is 6. The fourth-order valence-electron chi connectivity index (χ4n) is 2.71. The molecule has 2 heterocycles. The highest BCUT2D eigenvalue weighted by Gasteiger charge is 2.48. The molecule has 1 aromatic rings. The lowest BCUT2D eigenvalue weighted by molar-refractivity contribution is -0.145. The van der Waals surface area contributed by atoms with Crippen molar-refractivity contribution in [1.82, 2.24) is 9.80 Å². The highest BCUT2D eigenvalue weighted by atomic mass is 16.6. The van der Waals surface area contributed by atoms with Gasteiger partial charge in [-0.15, -0.1) is 0 Å². The van der Waals surface area contributed by atoms with E-state index in [-0.39, 0.29) is 18.6 Å². The maximum absolute atomic E-state index is 12.2. The fourth-order valence-corrected chi connectivity index (χ4v) is 2.71. The molecule has 0 N–H and O–H groups in total. The van der Waals surface area contributed by atoms with Gasteiger partial charge in [0.2, 0.25) is 5.91 Å². The molecule has 3 rings (SSSR count). The van der Waals surface area contributed by atoms with Gasteiger partial charge in [-0.2, -0.15) is 0 Å². The van der Waals surface area contributed by atoms with Crippen LogP contribution in [0.2, 0.25) is 0 Å². The van der Waals surface area contributed by atoms with Gasteiger partial charge in [0.05, 0.1) is 20.2 Å². The van der Waals surface area contributed by atoms with Crippen molar-refractivity contribution in [1.29, 1.82) is 0 Å². The summed E-state index contributed by atoms with van der Waals surface area (Å²) in [5.41, 5.74) is -1.22. The molecule has 0 aromatic heterocycles. The van der Waals surface area contributed by atoms with E-state index in [0.29, 0.717) is 24.6 Å². The van der Waals surface area contributed by atoms with Gasteiger partial charge in [0.25, 0.3) is 5.91 Å². The van der Waals surface area contributed by atoms with Crippen LogP contribution in [0.4, 0.5) is 4.79 Å². The number of amides is 3. The standard InChI is InChI=1S/C17H20N2O6/c1-17(2)15(21)19(16(22)25-17)10-14(20)18-8-11(9-18)24-13-7-5-4-6-12(13)23-3/h4-7,11H,8-10H2,1-3H3. The van der Waals surface area contributed by atoms with Crippen LogP contribution in [0.25, 0.3) is 0 Å². The van der Waals surface area contributed by atoms with Gasteiger partial charge >= 0.3 is 6.09 Å². The second kappa shape index (κ2) is 6.27. The summed E-state index contributed by atoms with van der Waals surface area (Å²) in [4.78, 5) is 38.4. The Kier molecular flexibility index (Phi) is 4.28. The summed E-state index contributed by atoms with van der Waals surface area (Å²) in [5, 5.41) is 0. The third-order valence-electron chi connectivity index (χ3n) is 4.18. The van der Waals surface area contributed by atoms with Gasteiger partial charge in [0.15, 0.2) is 17.1 Å². The van der Waals surface area contributed by atoms with E-state index in [1.807, 2.05) is 12.1 Å². The number of ether oxygens (including phenoxy) is 3. The van der Waals surface area contributed by atoms with Crippen molar-refractivity contribution < 1.29 is 28.6 Å². The van der Waals surface area contributed by atoms with Crippen molar-refractivity contribution in [2.75, 3.05) is 26.7 Å².